The lowest BCUT2D eigenvalue weighted by atomic mass is 10.3. The minimum absolute atomic E-state index is 0.306. The zero-order valence-electron chi connectivity index (χ0n) is 9.87. The summed E-state index contributed by atoms with van der Waals surface area (Å²) in [5.74, 6) is 0.306. The van der Waals surface area contributed by atoms with Gasteiger partial charge in [-0.15, -0.1) is 0 Å². The summed E-state index contributed by atoms with van der Waals surface area (Å²) in [6.45, 7) is 9.53. The van der Waals surface area contributed by atoms with Crippen molar-refractivity contribution < 1.29 is 5.21 Å². The van der Waals surface area contributed by atoms with E-state index in [-0.39, 0.29) is 0 Å². The highest BCUT2D eigenvalue weighted by Gasteiger charge is 1.97. The lowest BCUT2D eigenvalue weighted by Gasteiger charge is -2.17. The average molecular weight is 216 g/mol. The fourth-order valence-corrected chi connectivity index (χ4v) is 1.35. The van der Waals surface area contributed by atoms with Crippen LogP contribution in [0.1, 0.15) is 26.7 Å². The van der Waals surface area contributed by atoms with Crippen LogP contribution in [0.4, 0.5) is 0 Å². The summed E-state index contributed by atoms with van der Waals surface area (Å²) in [4.78, 5) is 2.37. The number of amidine groups is 1. The maximum Gasteiger partial charge on any atom is 0.139 e. The number of hydrogen-bond acceptors (Lipinski definition) is 4. The maximum atomic E-state index is 8.31. The molecule has 5 heteroatoms. The van der Waals surface area contributed by atoms with E-state index in [0.29, 0.717) is 12.3 Å². The van der Waals surface area contributed by atoms with Gasteiger partial charge in [0, 0.05) is 19.5 Å². The van der Waals surface area contributed by atoms with Crippen molar-refractivity contribution in [3.05, 3.63) is 0 Å². The molecule has 0 aliphatic rings. The zero-order valence-corrected chi connectivity index (χ0v) is 9.87. The largest absolute Gasteiger partial charge is 0.409 e. The van der Waals surface area contributed by atoms with E-state index < -0.39 is 0 Å². The Bertz CT molecular complexity index is 169. The molecule has 0 aromatic heterocycles. The van der Waals surface area contributed by atoms with Gasteiger partial charge in [0.15, 0.2) is 0 Å². The third kappa shape index (κ3) is 8.20. The number of oxime groups is 1. The third-order valence-electron chi connectivity index (χ3n) is 2.41. The Hall–Kier alpha value is -0.810. The highest BCUT2D eigenvalue weighted by Crippen LogP contribution is 1.87. The van der Waals surface area contributed by atoms with Gasteiger partial charge >= 0.3 is 0 Å². The molecule has 90 valence electrons. The molecule has 0 amide bonds. The molecule has 0 saturated heterocycles. The molecule has 0 radical (unpaired) electrons. The van der Waals surface area contributed by atoms with Gasteiger partial charge in [0.1, 0.15) is 5.84 Å². The molecule has 0 unspecified atom stereocenters. The van der Waals surface area contributed by atoms with Crippen LogP contribution in [-0.4, -0.2) is 48.7 Å². The minimum atomic E-state index is 0.306. The van der Waals surface area contributed by atoms with Crippen LogP contribution in [0, 0.1) is 0 Å². The Labute approximate surface area is 92.3 Å². The van der Waals surface area contributed by atoms with Crippen LogP contribution in [0.5, 0.6) is 0 Å². The molecule has 0 bridgehead atoms. The van der Waals surface area contributed by atoms with E-state index >= 15 is 0 Å². The van der Waals surface area contributed by atoms with Gasteiger partial charge in [-0.2, -0.15) is 0 Å². The van der Waals surface area contributed by atoms with Gasteiger partial charge in [0.2, 0.25) is 0 Å². The van der Waals surface area contributed by atoms with Crippen LogP contribution in [0.25, 0.3) is 0 Å². The summed E-state index contributed by atoms with van der Waals surface area (Å²) < 4.78 is 0. The molecule has 0 saturated carbocycles. The molecule has 0 aliphatic heterocycles. The van der Waals surface area contributed by atoms with E-state index in [1.165, 1.54) is 0 Å². The van der Waals surface area contributed by atoms with Crippen molar-refractivity contribution in [1.82, 2.24) is 10.2 Å². The van der Waals surface area contributed by atoms with Crippen molar-refractivity contribution in [1.29, 1.82) is 0 Å². The van der Waals surface area contributed by atoms with E-state index in [0.717, 1.165) is 39.1 Å². The summed E-state index contributed by atoms with van der Waals surface area (Å²) in [7, 11) is 0. The summed E-state index contributed by atoms with van der Waals surface area (Å²) in [6.07, 6.45) is 1.56. The Morgan fingerprint density at radius 3 is 2.53 bits per heavy atom. The summed E-state index contributed by atoms with van der Waals surface area (Å²) in [5.41, 5.74) is 5.34. The van der Waals surface area contributed by atoms with Crippen molar-refractivity contribution >= 4 is 5.84 Å². The van der Waals surface area contributed by atoms with Gasteiger partial charge in [0.25, 0.3) is 0 Å². The number of nitrogens with one attached hydrogen (secondary N) is 1. The first kappa shape index (κ1) is 14.2. The van der Waals surface area contributed by atoms with E-state index in [1.54, 1.807) is 0 Å². The first-order valence-electron chi connectivity index (χ1n) is 5.64. The molecule has 4 N–H and O–H groups in total. The second-order valence-electron chi connectivity index (χ2n) is 3.47. The third-order valence-corrected chi connectivity index (χ3v) is 2.41. The maximum absolute atomic E-state index is 8.31. The van der Waals surface area contributed by atoms with Crippen LogP contribution in [0.3, 0.4) is 0 Å². The summed E-state index contributed by atoms with van der Waals surface area (Å²) in [6, 6.07) is 0. The predicted octanol–water partition coefficient (Wildman–Crippen LogP) is 0.444. The highest BCUT2D eigenvalue weighted by molar-refractivity contribution is 5.79. The van der Waals surface area contributed by atoms with Crippen LogP contribution < -0.4 is 11.1 Å². The monoisotopic (exact) mass is 216 g/mol. The zero-order chi connectivity index (χ0) is 11.5. The molecular weight excluding hydrogens is 192 g/mol. The fraction of sp³-hybridized carbons (Fsp3) is 0.900. The van der Waals surface area contributed by atoms with Crippen molar-refractivity contribution in [2.75, 3.05) is 32.7 Å². The van der Waals surface area contributed by atoms with E-state index in [2.05, 4.69) is 29.2 Å². The van der Waals surface area contributed by atoms with E-state index in [4.69, 9.17) is 10.9 Å². The predicted molar refractivity (Wildman–Crippen MR) is 63.3 cm³/mol. The topological polar surface area (TPSA) is 73.9 Å². The SMILES string of the molecule is CCN(CC)CCNCCCC(N)=NO. The van der Waals surface area contributed by atoms with Crippen molar-refractivity contribution in [3.63, 3.8) is 0 Å². The van der Waals surface area contributed by atoms with Crippen molar-refractivity contribution in [2.24, 2.45) is 10.9 Å². The van der Waals surface area contributed by atoms with Gasteiger partial charge < -0.3 is 21.2 Å². The van der Waals surface area contributed by atoms with Crippen LogP contribution in [-0.2, 0) is 0 Å². The molecule has 0 rings (SSSR count). The first-order valence-corrected chi connectivity index (χ1v) is 5.64. The van der Waals surface area contributed by atoms with Gasteiger partial charge in [-0.3, -0.25) is 0 Å². The van der Waals surface area contributed by atoms with Gasteiger partial charge in [0.05, 0.1) is 0 Å². The number of likely N-dealkylation sites (N-methyl/N-ethyl adjacent to an activating group) is 1. The molecule has 0 aromatic carbocycles. The second-order valence-corrected chi connectivity index (χ2v) is 3.47. The van der Waals surface area contributed by atoms with Gasteiger partial charge in [-0.1, -0.05) is 19.0 Å². The second kappa shape index (κ2) is 9.73. The lowest BCUT2D eigenvalue weighted by Crippen LogP contribution is -2.32. The van der Waals surface area contributed by atoms with Gasteiger partial charge in [-0.25, -0.2) is 0 Å². The number of hydrogen-bond donors (Lipinski definition) is 3. The van der Waals surface area contributed by atoms with Crippen molar-refractivity contribution in [3.8, 4) is 0 Å². The highest BCUT2D eigenvalue weighted by atomic mass is 16.4. The average Bonchev–Trinajstić information content (AvgIpc) is 2.28. The smallest absolute Gasteiger partial charge is 0.139 e. The van der Waals surface area contributed by atoms with Gasteiger partial charge in [-0.05, 0) is 26.1 Å². The lowest BCUT2D eigenvalue weighted by molar-refractivity contribution is 0.302. The molecular formula is C10H24N4O. The number of rotatable bonds is 9. The Kier molecular flexibility index (Phi) is 9.21. The van der Waals surface area contributed by atoms with E-state index in [1.807, 2.05) is 0 Å². The van der Waals surface area contributed by atoms with Crippen molar-refractivity contribution in [2.45, 2.75) is 26.7 Å². The summed E-state index contributed by atoms with van der Waals surface area (Å²) >= 11 is 0. The molecule has 0 heterocycles. The van der Waals surface area contributed by atoms with Crippen LogP contribution in [0.2, 0.25) is 0 Å². The summed E-state index contributed by atoms with van der Waals surface area (Å²) in [5, 5.41) is 14.6. The molecule has 0 fully saturated rings. The number of nitrogens with two attached hydrogens (primary N) is 1. The molecule has 0 spiro atoms. The Balaban J connectivity index is 3.24. The van der Waals surface area contributed by atoms with Crippen LogP contribution in [0.15, 0.2) is 5.16 Å². The normalized spacial score (nSPS) is 12.3. The standard InChI is InChI=1S/C10H24N4O/c1-3-14(4-2)9-8-12-7-5-6-10(11)13-15/h12,15H,3-9H2,1-2H3,(H2,11,13). The molecule has 0 aromatic rings. The Morgan fingerprint density at radius 1 is 1.33 bits per heavy atom. The van der Waals surface area contributed by atoms with E-state index in [9.17, 15) is 0 Å². The first-order chi connectivity index (χ1) is 7.24. The fourth-order valence-electron chi connectivity index (χ4n) is 1.35. The molecule has 0 atom stereocenters. The number of nitrogens with zero attached hydrogens (tertiary/aromatic N) is 2. The molecule has 15 heavy (non-hydrogen) atoms. The quantitative estimate of drug-likeness (QED) is 0.172. The molecule has 0 aliphatic carbocycles. The Morgan fingerprint density at radius 2 is 2.00 bits per heavy atom. The minimum Gasteiger partial charge on any atom is -0.409 e. The molecule has 5 nitrogen and oxygen atoms in total. The van der Waals surface area contributed by atoms with Crippen LogP contribution >= 0.6 is 0 Å².